The Morgan fingerprint density at radius 3 is 2.48 bits per heavy atom. The number of carbonyl (C=O) groups excluding carboxylic acids is 2. The zero-order valence-corrected chi connectivity index (χ0v) is 17.1. The van der Waals surface area contributed by atoms with E-state index in [0.717, 1.165) is 11.1 Å². The van der Waals surface area contributed by atoms with E-state index in [1.807, 2.05) is 18.2 Å². The molecule has 1 amide bonds. The smallest absolute Gasteiger partial charge is 0.298 e. The average molecular weight is 434 g/mol. The molecular weight excluding hydrogens is 418 g/mol. The molecule has 0 unspecified atom stereocenters. The molecule has 0 aliphatic heterocycles. The Hall–Kier alpha value is -3.97. The number of nitro groups is 1. The first kappa shape index (κ1) is 20.3. The molecule has 0 aliphatic carbocycles. The summed E-state index contributed by atoms with van der Waals surface area (Å²) < 4.78 is 1.64. The maximum atomic E-state index is 13.2. The van der Waals surface area contributed by atoms with E-state index in [9.17, 15) is 19.7 Å². The number of ketones is 1. The third kappa shape index (κ3) is 3.78. The Balaban J connectivity index is 1.76. The molecule has 31 heavy (non-hydrogen) atoms. The number of hydrogen-bond acceptors (Lipinski definition) is 4. The number of halogens is 1. The van der Waals surface area contributed by atoms with Crippen LogP contribution in [0.5, 0.6) is 0 Å². The van der Waals surface area contributed by atoms with Gasteiger partial charge in [0.15, 0.2) is 0 Å². The van der Waals surface area contributed by atoms with Gasteiger partial charge < -0.3 is 9.72 Å². The molecule has 2 aromatic heterocycles. The molecule has 1 N–H and O–H groups in total. The third-order valence-electron chi connectivity index (χ3n) is 5.01. The maximum Gasteiger partial charge on any atom is 0.298 e. The molecule has 154 valence electrons. The van der Waals surface area contributed by atoms with Gasteiger partial charge in [-0.05, 0) is 48.9 Å². The first-order valence-corrected chi connectivity index (χ1v) is 9.70. The minimum absolute atomic E-state index is 0.139. The lowest BCUT2D eigenvalue weighted by molar-refractivity contribution is -0.385. The van der Waals surface area contributed by atoms with Crippen LogP contribution in [0, 0.1) is 17.0 Å². The van der Waals surface area contributed by atoms with Gasteiger partial charge in [0.1, 0.15) is 5.69 Å². The molecule has 8 heteroatoms. The van der Waals surface area contributed by atoms with Crippen LogP contribution in [0.4, 0.5) is 11.4 Å². The molecular formula is C23H16ClN3O4. The number of rotatable bonds is 5. The van der Waals surface area contributed by atoms with Crippen molar-refractivity contribution < 1.29 is 14.5 Å². The van der Waals surface area contributed by atoms with E-state index >= 15 is 0 Å². The summed E-state index contributed by atoms with van der Waals surface area (Å²) in [5.74, 6) is -1.65. The van der Waals surface area contributed by atoms with Crippen molar-refractivity contribution in [2.75, 3.05) is 5.32 Å². The second kappa shape index (κ2) is 8.04. The number of pyridine rings is 1. The summed E-state index contributed by atoms with van der Waals surface area (Å²) in [4.78, 5) is 36.7. The predicted octanol–water partition coefficient (Wildman–Crippen LogP) is 5.30. The fourth-order valence-electron chi connectivity index (χ4n) is 3.45. The molecule has 4 rings (SSSR count). The van der Waals surface area contributed by atoms with E-state index in [0.29, 0.717) is 10.6 Å². The van der Waals surface area contributed by atoms with Crippen LogP contribution in [-0.4, -0.2) is 21.0 Å². The topological polar surface area (TPSA) is 93.7 Å². The summed E-state index contributed by atoms with van der Waals surface area (Å²) in [5, 5.41) is 14.2. The van der Waals surface area contributed by atoms with E-state index in [1.165, 1.54) is 25.1 Å². The number of nitro benzene ring substituents is 1. The molecule has 0 saturated carbocycles. The third-order valence-corrected chi connectivity index (χ3v) is 5.26. The standard InChI is InChI=1S/C23H16ClN3O4/c1-14-19(6-4-7-20(14)27(30)31)25-23(29)22(28)21-18(15-8-10-16(24)11-9-15)13-17-5-2-3-12-26(17)21/h2-13H,1H3,(H,25,29). The molecule has 7 nitrogen and oxygen atoms in total. The summed E-state index contributed by atoms with van der Waals surface area (Å²) in [7, 11) is 0. The number of benzene rings is 2. The van der Waals surface area contributed by atoms with Crippen molar-refractivity contribution >= 4 is 40.2 Å². The van der Waals surface area contributed by atoms with E-state index in [1.54, 1.807) is 40.9 Å². The Morgan fingerprint density at radius 2 is 1.77 bits per heavy atom. The molecule has 2 aromatic carbocycles. The fourth-order valence-corrected chi connectivity index (χ4v) is 3.57. The molecule has 0 spiro atoms. The van der Waals surface area contributed by atoms with Crippen molar-refractivity contribution in [1.29, 1.82) is 0 Å². The summed E-state index contributed by atoms with van der Waals surface area (Å²) in [6, 6.07) is 18.5. The number of carbonyl (C=O) groups is 2. The summed E-state index contributed by atoms with van der Waals surface area (Å²) in [6.07, 6.45) is 1.70. The zero-order valence-electron chi connectivity index (χ0n) is 16.3. The van der Waals surface area contributed by atoms with Crippen LogP contribution in [0.3, 0.4) is 0 Å². The first-order chi connectivity index (χ1) is 14.9. The van der Waals surface area contributed by atoms with Crippen LogP contribution in [0.15, 0.2) is 72.9 Å². The summed E-state index contributed by atoms with van der Waals surface area (Å²) in [6.45, 7) is 1.52. The fraction of sp³-hybridized carbons (Fsp3) is 0.0435. The molecule has 0 bridgehead atoms. The van der Waals surface area contributed by atoms with Gasteiger partial charge in [0.25, 0.3) is 17.4 Å². The number of nitrogens with one attached hydrogen (secondary N) is 1. The zero-order chi connectivity index (χ0) is 22.1. The quantitative estimate of drug-likeness (QED) is 0.200. The Kier molecular flexibility index (Phi) is 5.27. The van der Waals surface area contributed by atoms with Crippen molar-refractivity contribution in [2.24, 2.45) is 0 Å². The van der Waals surface area contributed by atoms with Crippen LogP contribution < -0.4 is 5.32 Å². The lowest BCUT2D eigenvalue weighted by Gasteiger charge is -2.10. The lowest BCUT2D eigenvalue weighted by Crippen LogP contribution is -2.25. The lowest BCUT2D eigenvalue weighted by atomic mass is 10.0. The van der Waals surface area contributed by atoms with Crippen molar-refractivity contribution in [3.05, 3.63) is 99.3 Å². The van der Waals surface area contributed by atoms with Crippen LogP contribution in [-0.2, 0) is 4.79 Å². The minimum Gasteiger partial charge on any atom is -0.319 e. The second-order valence-corrected chi connectivity index (χ2v) is 7.34. The Bertz CT molecular complexity index is 1340. The Labute approximate surface area is 182 Å². The predicted molar refractivity (Wildman–Crippen MR) is 119 cm³/mol. The molecule has 0 atom stereocenters. The molecule has 0 aliphatic rings. The monoisotopic (exact) mass is 433 g/mol. The first-order valence-electron chi connectivity index (χ1n) is 9.32. The molecule has 0 radical (unpaired) electrons. The van der Waals surface area contributed by atoms with Crippen LogP contribution >= 0.6 is 11.6 Å². The van der Waals surface area contributed by atoms with Crippen LogP contribution in [0.25, 0.3) is 16.6 Å². The number of aromatic nitrogens is 1. The van der Waals surface area contributed by atoms with E-state index in [2.05, 4.69) is 5.32 Å². The van der Waals surface area contributed by atoms with Crippen molar-refractivity contribution in [2.45, 2.75) is 6.92 Å². The Morgan fingerprint density at radius 1 is 1.03 bits per heavy atom. The molecule has 0 fully saturated rings. The van der Waals surface area contributed by atoms with Gasteiger partial charge in [-0.25, -0.2) is 0 Å². The van der Waals surface area contributed by atoms with Gasteiger partial charge in [-0.3, -0.25) is 19.7 Å². The highest BCUT2D eigenvalue weighted by Gasteiger charge is 2.26. The number of Topliss-reactive ketones (excluding diaryl/α,β-unsaturated/α-hetero) is 1. The minimum atomic E-state index is -0.886. The highest BCUT2D eigenvalue weighted by atomic mass is 35.5. The normalized spacial score (nSPS) is 10.8. The number of fused-ring (bicyclic) bond motifs is 1. The van der Waals surface area contributed by atoms with Gasteiger partial charge in [-0.2, -0.15) is 0 Å². The highest BCUT2D eigenvalue weighted by Crippen LogP contribution is 2.30. The van der Waals surface area contributed by atoms with E-state index < -0.39 is 16.6 Å². The average Bonchev–Trinajstić information content (AvgIpc) is 3.14. The highest BCUT2D eigenvalue weighted by molar-refractivity contribution is 6.47. The van der Waals surface area contributed by atoms with Gasteiger partial charge in [0.2, 0.25) is 0 Å². The molecule has 2 heterocycles. The number of hydrogen-bond donors (Lipinski definition) is 1. The SMILES string of the molecule is Cc1c(NC(=O)C(=O)c2c(-c3ccc(Cl)cc3)cc3ccccn23)cccc1[N+](=O)[O-]. The second-order valence-electron chi connectivity index (χ2n) is 6.90. The number of nitrogens with zero attached hydrogens (tertiary/aromatic N) is 2. The summed E-state index contributed by atoms with van der Waals surface area (Å²) in [5.41, 5.74) is 2.59. The van der Waals surface area contributed by atoms with Crippen molar-refractivity contribution in [3.63, 3.8) is 0 Å². The van der Waals surface area contributed by atoms with Crippen molar-refractivity contribution in [1.82, 2.24) is 4.40 Å². The summed E-state index contributed by atoms with van der Waals surface area (Å²) >= 11 is 5.99. The van der Waals surface area contributed by atoms with Crippen molar-refractivity contribution in [3.8, 4) is 11.1 Å². The number of amides is 1. The van der Waals surface area contributed by atoms with Gasteiger partial charge in [0, 0.05) is 28.4 Å². The largest absolute Gasteiger partial charge is 0.319 e. The van der Waals surface area contributed by atoms with Gasteiger partial charge in [-0.1, -0.05) is 35.9 Å². The molecule has 0 saturated heterocycles. The maximum absolute atomic E-state index is 13.2. The van der Waals surface area contributed by atoms with Crippen LogP contribution in [0.1, 0.15) is 16.1 Å². The van der Waals surface area contributed by atoms with E-state index in [-0.39, 0.29) is 22.6 Å². The number of anilines is 1. The van der Waals surface area contributed by atoms with Gasteiger partial charge in [0.05, 0.1) is 16.2 Å². The van der Waals surface area contributed by atoms with Crippen LogP contribution in [0.2, 0.25) is 5.02 Å². The molecule has 4 aromatic rings. The van der Waals surface area contributed by atoms with Gasteiger partial charge in [-0.15, -0.1) is 0 Å². The van der Waals surface area contributed by atoms with E-state index in [4.69, 9.17) is 11.6 Å². The van der Waals surface area contributed by atoms with Gasteiger partial charge >= 0.3 is 0 Å².